The maximum Gasteiger partial charge on any atom is 0.270 e. The molecule has 0 bridgehead atoms. The number of aryl methyl sites for hydroxylation is 1. The molecular weight excluding hydrogens is 342 g/mol. The van der Waals surface area contributed by atoms with E-state index in [1.807, 2.05) is 42.5 Å². The van der Waals surface area contributed by atoms with E-state index in [4.69, 9.17) is 0 Å². The van der Waals surface area contributed by atoms with Crippen LogP contribution in [-0.4, -0.2) is 32.4 Å². The van der Waals surface area contributed by atoms with Crippen molar-refractivity contribution >= 4 is 28.0 Å². The van der Waals surface area contributed by atoms with Crippen molar-refractivity contribution in [1.29, 1.82) is 0 Å². The second-order valence-electron chi connectivity index (χ2n) is 6.33. The molecule has 4 aromatic rings. The first-order chi connectivity index (χ1) is 13.2. The topological polar surface area (TPSA) is 104 Å². The van der Waals surface area contributed by atoms with Gasteiger partial charge in [0.25, 0.3) is 5.56 Å². The third-order valence-corrected chi connectivity index (χ3v) is 4.38. The van der Waals surface area contributed by atoms with E-state index in [2.05, 4.69) is 25.3 Å². The number of fused-ring (bicyclic) bond motifs is 2. The second kappa shape index (κ2) is 7.41. The smallest absolute Gasteiger partial charge is 0.270 e. The number of hydrogen-bond acceptors (Lipinski definition) is 4. The lowest BCUT2D eigenvalue weighted by molar-refractivity contribution is -0.121. The third-order valence-electron chi connectivity index (χ3n) is 4.38. The van der Waals surface area contributed by atoms with Crippen molar-refractivity contribution < 1.29 is 4.79 Å². The number of rotatable bonds is 6. The molecule has 0 aliphatic carbocycles. The highest BCUT2D eigenvalue weighted by Gasteiger charge is 2.09. The molecule has 0 aliphatic heterocycles. The monoisotopic (exact) mass is 361 g/mol. The zero-order chi connectivity index (χ0) is 18.6. The van der Waals surface area contributed by atoms with E-state index < -0.39 is 0 Å². The maximum atomic E-state index is 12.1. The first kappa shape index (κ1) is 17.0. The Balaban J connectivity index is 1.30. The van der Waals surface area contributed by atoms with Gasteiger partial charge in [-0.05, 0) is 24.3 Å². The lowest BCUT2D eigenvalue weighted by Gasteiger charge is -2.04. The standard InChI is InChI=1S/C20H19N5O2/c26-19(21-12-11-18-23-14-6-2-3-7-15(14)24-18)10-9-17-20(27)25-16-8-4-1-5-13(16)22-17/h1-8H,9-12H2,(H,21,26)(H,23,24)(H,25,27). The summed E-state index contributed by atoms with van der Waals surface area (Å²) in [5.74, 6) is 0.726. The van der Waals surface area contributed by atoms with Gasteiger partial charge in [-0.1, -0.05) is 24.3 Å². The predicted octanol–water partition coefficient (Wildman–Crippen LogP) is 2.09. The van der Waals surface area contributed by atoms with Crippen LogP contribution in [0.25, 0.3) is 22.1 Å². The Morgan fingerprint density at radius 3 is 2.30 bits per heavy atom. The van der Waals surface area contributed by atoms with Crippen molar-refractivity contribution in [3.8, 4) is 0 Å². The third kappa shape index (κ3) is 3.87. The normalized spacial score (nSPS) is 11.1. The van der Waals surface area contributed by atoms with Crippen molar-refractivity contribution in [2.75, 3.05) is 6.54 Å². The van der Waals surface area contributed by atoms with Crippen LogP contribution in [0.2, 0.25) is 0 Å². The van der Waals surface area contributed by atoms with Gasteiger partial charge < -0.3 is 15.3 Å². The Hall–Kier alpha value is -3.48. The summed E-state index contributed by atoms with van der Waals surface area (Å²) in [5, 5.41) is 2.86. The summed E-state index contributed by atoms with van der Waals surface area (Å²) in [6.07, 6.45) is 1.14. The van der Waals surface area contributed by atoms with E-state index >= 15 is 0 Å². The Kier molecular flexibility index (Phi) is 4.65. The van der Waals surface area contributed by atoms with Gasteiger partial charge in [0.05, 0.1) is 22.1 Å². The zero-order valence-corrected chi connectivity index (χ0v) is 14.7. The number of nitrogens with one attached hydrogen (secondary N) is 3. The molecule has 1 amide bonds. The van der Waals surface area contributed by atoms with E-state index in [0.717, 1.165) is 22.4 Å². The van der Waals surface area contributed by atoms with Gasteiger partial charge in [0.2, 0.25) is 5.91 Å². The van der Waals surface area contributed by atoms with Crippen LogP contribution in [0.15, 0.2) is 53.3 Å². The molecule has 0 atom stereocenters. The van der Waals surface area contributed by atoms with Crippen molar-refractivity contribution in [3.63, 3.8) is 0 Å². The summed E-state index contributed by atoms with van der Waals surface area (Å²) < 4.78 is 0. The lowest BCUT2D eigenvalue weighted by atomic mass is 10.2. The molecule has 0 saturated heterocycles. The van der Waals surface area contributed by atoms with Crippen molar-refractivity contribution in [1.82, 2.24) is 25.3 Å². The first-order valence-electron chi connectivity index (χ1n) is 8.87. The van der Waals surface area contributed by atoms with Crippen molar-refractivity contribution in [2.45, 2.75) is 19.3 Å². The minimum Gasteiger partial charge on any atom is -0.356 e. The minimum absolute atomic E-state index is 0.111. The quantitative estimate of drug-likeness (QED) is 0.489. The van der Waals surface area contributed by atoms with Gasteiger partial charge in [-0.2, -0.15) is 0 Å². The van der Waals surface area contributed by atoms with Crippen LogP contribution in [0.4, 0.5) is 0 Å². The van der Waals surface area contributed by atoms with Crippen LogP contribution in [0.5, 0.6) is 0 Å². The van der Waals surface area contributed by atoms with E-state index in [1.54, 1.807) is 6.07 Å². The largest absolute Gasteiger partial charge is 0.356 e. The number of para-hydroxylation sites is 4. The number of amides is 1. The summed E-state index contributed by atoms with van der Waals surface area (Å²) in [6.45, 7) is 0.486. The second-order valence-corrected chi connectivity index (χ2v) is 6.33. The van der Waals surface area contributed by atoms with Gasteiger partial charge in [-0.15, -0.1) is 0 Å². The molecule has 2 aromatic heterocycles. The highest BCUT2D eigenvalue weighted by molar-refractivity contribution is 5.77. The molecule has 0 aliphatic rings. The average Bonchev–Trinajstić information content (AvgIpc) is 3.09. The summed E-state index contributed by atoms with van der Waals surface area (Å²) in [7, 11) is 0. The predicted molar refractivity (Wildman–Crippen MR) is 103 cm³/mol. The molecule has 7 nitrogen and oxygen atoms in total. The number of aromatic nitrogens is 4. The molecule has 136 valence electrons. The molecule has 2 heterocycles. The molecule has 2 aromatic carbocycles. The van der Waals surface area contributed by atoms with Gasteiger partial charge in [0.1, 0.15) is 11.5 Å². The summed E-state index contributed by atoms with van der Waals surface area (Å²) >= 11 is 0. The van der Waals surface area contributed by atoms with Crippen LogP contribution >= 0.6 is 0 Å². The SMILES string of the molecule is O=C(CCc1nc2ccccc2[nH]c1=O)NCCc1nc2ccccc2[nH]1. The van der Waals surface area contributed by atoms with Crippen molar-refractivity contribution in [3.05, 3.63) is 70.4 Å². The summed E-state index contributed by atoms with van der Waals surface area (Å²) in [6, 6.07) is 15.2. The fourth-order valence-electron chi connectivity index (χ4n) is 3.00. The average molecular weight is 361 g/mol. The molecule has 0 spiro atoms. The maximum absolute atomic E-state index is 12.1. The number of carbonyl (C=O) groups excluding carboxylic acids is 1. The molecular formula is C20H19N5O2. The Bertz CT molecular complexity index is 1130. The molecule has 0 unspecified atom stereocenters. The van der Waals surface area contributed by atoms with Crippen LogP contribution in [0, 0.1) is 0 Å². The number of carbonyl (C=O) groups is 1. The van der Waals surface area contributed by atoms with Gasteiger partial charge >= 0.3 is 0 Å². The van der Waals surface area contributed by atoms with Crippen LogP contribution < -0.4 is 10.9 Å². The number of benzene rings is 2. The molecule has 7 heteroatoms. The van der Waals surface area contributed by atoms with E-state index in [0.29, 0.717) is 30.6 Å². The highest BCUT2D eigenvalue weighted by Crippen LogP contribution is 2.10. The van der Waals surface area contributed by atoms with Crippen LogP contribution in [0.3, 0.4) is 0 Å². The molecule has 4 rings (SSSR count). The van der Waals surface area contributed by atoms with Gasteiger partial charge in [0.15, 0.2) is 0 Å². The summed E-state index contributed by atoms with van der Waals surface area (Å²) in [5.41, 5.74) is 3.45. The van der Waals surface area contributed by atoms with E-state index in [-0.39, 0.29) is 17.9 Å². The Labute approximate surface area is 154 Å². The molecule has 27 heavy (non-hydrogen) atoms. The number of imidazole rings is 1. The van der Waals surface area contributed by atoms with Crippen molar-refractivity contribution in [2.24, 2.45) is 0 Å². The minimum atomic E-state index is -0.247. The number of nitrogens with zero attached hydrogens (tertiary/aromatic N) is 2. The molecule has 3 N–H and O–H groups in total. The fourth-order valence-corrected chi connectivity index (χ4v) is 3.00. The van der Waals surface area contributed by atoms with E-state index in [9.17, 15) is 9.59 Å². The molecule has 0 fully saturated rings. The molecule has 0 saturated carbocycles. The number of H-pyrrole nitrogens is 2. The van der Waals surface area contributed by atoms with Gasteiger partial charge in [0, 0.05) is 25.8 Å². The Morgan fingerprint density at radius 1 is 0.889 bits per heavy atom. The first-order valence-corrected chi connectivity index (χ1v) is 8.87. The molecule has 0 radical (unpaired) electrons. The zero-order valence-electron chi connectivity index (χ0n) is 14.7. The van der Waals surface area contributed by atoms with Gasteiger partial charge in [-0.3, -0.25) is 9.59 Å². The Morgan fingerprint density at radius 2 is 1.56 bits per heavy atom. The fraction of sp³-hybridized carbons (Fsp3) is 0.200. The van der Waals surface area contributed by atoms with E-state index in [1.165, 1.54) is 0 Å². The van der Waals surface area contributed by atoms with Crippen LogP contribution in [-0.2, 0) is 17.6 Å². The van der Waals surface area contributed by atoms with Gasteiger partial charge in [-0.25, -0.2) is 9.97 Å². The highest BCUT2D eigenvalue weighted by atomic mass is 16.1. The number of aromatic amines is 2. The lowest BCUT2D eigenvalue weighted by Crippen LogP contribution is -2.27. The number of hydrogen-bond donors (Lipinski definition) is 3. The van der Waals surface area contributed by atoms with Crippen LogP contribution in [0.1, 0.15) is 17.9 Å². The summed E-state index contributed by atoms with van der Waals surface area (Å²) in [4.78, 5) is 39.0.